The molecule has 0 radical (unpaired) electrons. The van der Waals surface area contributed by atoms with Gasteiger partial charge in [-0.1, -0.05) is 30.3 Å². The first kappa shape index (κ1) is 9.84. The van der Waals surface area contributed by atoms with Crippen LogP contribution in [0.1, 0.15) is 5.56 Å². The summed E-state index contributed by atoms with van der Waals surface area (Å²) < 4.78 is 7.44. The second-order valence-corrected chi connectivity index (χ2v) is 3.67. The molecule has 0 N–H and O–H groups in total. The van der Waals surface area contributed by atoms with Gasteiger partial charge >= 0.3 is 0 Å². The number of hydrogen-bond donors (Lipinski definition) is 0. The monoisotopic (exact) mass is 225 g/mol. The summed E-state index contributed by atoms with van der Waals surface area (Å²) in [4.78, 5) is 4.16. The molecule has 0 unspecified atom stereocenters. The maximum absolute atomic E-state index is 5.74. The van der Waals surface area contributed by atoms with Gasteiger partial charge in [-0.15, -0.1) is 0 Å². The van der Waals surface area contributed by atoms with Gasteiger partial charge in [-0.25, -0.2) is 9.50 Å². The van der Waals surface area contributed by atoms with E-state index in [0.29, 0.717) is 6.61 Å². The first-order chi connectivity index (χ1) is 8.43. The molecular weight excluding hydrogens is 214 g/mol. The number of hydrogen-bond acceptors (Lipinski definition) is 3. The van der Waals surface area contributed by atoms with Crippen LogP contribution in [0.2, 0.25) is 0 Å². The third-order valence-corrected chi connectivity index (χ3v) is 2.51. The Bertz CT molecular complexity index is 619. The molecule has 0 amide bonds. The Balaban J connectivity index is 1.84. The molecular formula is C13H11N3O. The molecule has 2 aromatic heterocycles. The van der Waals surface area contributed by atoms with Gasteiger partial charge in [-0.2, -0.15) is 5.10 Å². The summed E-state index contributed by atoms with van der Waals surface area (Å²) in [7, 11) is 0. The van der Waals surface area contributed by atoms with Gasteiger partial charge < -0.3 is 4.74 Å². The van der Waals surface area contributed by atoms with Crippen LogP contribution in [0.3, 0.4) is 0 Å². The molecule has 84 valence electrons. The van der Waals surface area contributed by atoms with E-state index in [4.69, 9.17) is 4.74 Å². The maximum atomic E-state index is 5.74. The molecule has 0 fully saturated rings. The number of rotatable bonds is 3. The summed E-state index contributed by atoms with van der Waals surface area (Å²) in [6, 6.07) is 13.8. The first-order valence-corrected chi connectivity index (χ1v) is 5.38. The lowest BCUT2D eigenvalue weighted by Crippen LogP contribution is -1.97. The Morgan fingerprint density at radius 2 is 1.94 bits per heavy atom. The zero-order valence-corrected chi connectivity index (χ0v) is 9.15. The first-order valence-electron chi connectivity index (χ1n) is 5.38. The highest BCUT2D eigenvalue weighted by Gasteiger charge is 2.03. The third kappa shape index (κ3) is 1.97. The van der Waals surface area contributed by atoms with Gasteiger partial charge in [0.2, 0.25) is 0 Å². The van der Waals surface area contributed by atoms with Crippen LogP contribution in [0, 0.1) is 0 Å². The van der Waals surface area contributed by atoms with Crippen LogP contribution in [0.25, 0.3) is 5.65 Å². The number of benzene rings is 1. The summed E-state index contributed by atoms with van der Waals surface area (Å²) in [5.41, 5.74) is 1.87. The zero-order valence-electron chi connectivity index (χ0n) is 9.15. The Kier molecular flexibility index (Phi) is 2.46. The molecule has 17 heavy (non-hydrogen) atoms. The van der Waals surface area contributed by atoms with E-state index in [1.165, 1.54) is 6.33 Å². The topological polar surface area (TPSA) is 39.4 Å². The molecule has 1 aromatic carbocycles. The van der Waals surface area contributed by atoms with Gasteiger partial charge in [0.05, 0.1) is 0 Å². The van der Waals surface area contributed by atoms with Crippen molar-refractivity contribution in [2.24, 2.45) is 0 Å². The van der Waals surface area contributed by atoms with Crippen LogP contribution in [0.5, 0.6) is 5.75 Å². The second kappa shape index (κ2) is 4.25. The van der Waals surface area contributed by atoms with Crippen molar-refractivity contribution in [1.29, 1.82) is 0 Å². The maximum Gasteiger partial charge on any atom is 0.197 e. The van der Waals surface area contributed by atoms with E-state index < -0.39 is 0 Å². The van der Waals surface area contributed by atoms with E-state index in [2.05, 4.69) is 10.1 Å². The largest absolute Gasteiger partial charge is 0.485 e. The molecule has 0 bridgehead atoms. The summed E-state index contributed by atoms with van der Waals surface area (Å²) >= 11 is 0. The molecule has 0 saturated heterocycles. The fraction of sp³-hybridized carbons (Fsp3) is 0.0769. The minimum absolute atomic E-state index is 0.535. The van der Waals surface area contributed by atoms with Crippen LogP contribution in [0.4, 0.5) is 0 Å². The average molecular weight is 225 g/mol. The van der Waals surface area contributed by atoms with Gasteiger partial charge in [0, 0.05) is 6.20 Å². The lowest BCUT2D eigenvalue weighted by molar-refractivity contribution is 0.308. The van der Waals surface area contributed by atoms with Gasteiger partial charge in [0.1, 0.15) is 12.9 Å². The summed E-state index contributed by atoms with van der Waals surface area (Å²) in [5, 5.41) is 4.06. The Morgan fingerprint density at radius 1 is 1.06 bits per heavy atom. The molecule has 0 aliphatic carbocycles. The molecule has 0 atom stereocenters. The minimum atomic E-state index is 0.535. The fourth-order valence-corrected chi connectivity index (χ4v) is 1.67. The van der Waals surface area contributed by atoms with E-state index in [1.54, 1.807) is 4.52 Å². The lowest BCUT2D eigenvalue weighted by atomic mass is 10.2. The molecule has 4 heteroatoms. The normalized spacial score (nSPS) is 10.6. The molecule has 0 saturated carbocycles. The molecule has 3 aromatic rings. The van der Waals surface area contributed by atoms with Crippen LogP contribution in [-0.4, -0.2) is 14.6 Å². The standard InChI is InChI=1S/C13H11N3O/c1-2-5-11(6-3-1)9-17-12-7-4-8-16-13(12)14-10-15-16/h1-8,10H,9H2. The Labute approximate surface area is 98.5 Å². The van der Waals surface area contributed by atoms with Crippen molar-refractivity contribution in [2.45, 2.75) is 6.61 Å². The average Bonchev–Trinajstić information content (AvgIpc) is 2.86. The van der Waals surface area contributed by atoms with Crippen LogP contribution >= 0.6 is 0 Å². The third-order valence-electron chi connectivity index (χ3n) is 2.51. The predicted molar refractivity (Wildman–Crippen MR) is 63.8 cm³/mol. The zero-order chi connectivity index (χ0) is 11.5. The molecule has 0 aliphatic rings. The van der Waals surface area contributed by atoms with Crippen molar-refractivity contribution >= 4 is 5.65 Å². The quantitative estimate of drug-likeness (QED) is 0.686. The number of nitrogens with zero attached hydrogens (tertiary/aromatic N) is 3. The van der Waals surface area contributed by atoms with Crippen molar-refractivity contribution in [3.63, 3.8) is 0 Å². The van der Waals surface area contributed by atoms with E-state index in [1.807, 2.05) is 48.7 Å². The Morgan fingerprint density at radius 3 is 2.82 bits per heavy atom. The summed E-state index contributed by atoms with van der Waals surface area (Å²) in [6.07, 6.45) is 3.36. The smallest absolute Gasteiger partial charge is 0.197 e. The highest BCUT2D eigenvalue weighted by Crippen LogP contribution is 2.17. The predicted octanol–water partition coefficient (Wildman–Crippen LogP) is 2.31. The minimum Gasteiger partial charge on any atom is -0.485 e. The summed E-state index contributed by atoms with van der Waals surface area (Å²) in [6.45, 7) is 0.535. The SMILES string of the molecule is c1ccc(COc2cccn3ncnc23)cc1. The molecule has 0 aliphatic heterocycles. The molecule has 3 rings (SSSR count). The van der Waals surface area contributed by atoms with Crippen LogP contribution in [-0.2, 0) is 6.61 Å². The van der Waals surface area contributed by atoms with E-state index in [9.17, 15) is 0 Å². The fourth-order valence-electron chi connectivity index (χ4n) is 1.67. The Hall–Kier alpha value is -2.36. The molecule has 0 spiro atoms. The highest BCUT2D eigenvalue weighted by atomic mass is 16.5. The number of fused-ring (bicyclic) bond motifs is 1. The van der Waals surface area contributed by atoms with Crippen molar-refractivity contribution < 1.29 is 4.74 Å². The molecule has 2 heterocycles. The van der Waals surface area contributed by atoms with E-state index in [-0.39, 0.29) is 0 Å². The number of ether oxygens (including phenoxy) is 1. The summed E-state index contributed by atoms with van der Waals surface area (Å²) in [5.74, 6) is 0.744. The van der Waals surface area contributed by atoms with Crippen molar-refractivity contribution in [2.75, 3.05) is 0 Å². The van der Waals surface area contributed by atoms with Crippen molar-refractivity contribution in [1.82, 2.24) is 14.6 Å². The lowest BCUT2D eigenvalue weighted by Gasteiger charge is -2.06. The number of aromatic nitrogens is 3. The van der Waals surface area contributed by atoms with Gasteiger partial charge in [0.15, 0.2) is 11.4 Å². The second-order valence-electron chi connectivity index (χ2n) is 3.67. The molecule has 4 nitrogen and oxygen atoms in total. The van der Waals surface area contributed by atoms with Crippen LogP contribution in [0.15, 0.2) is 55.0 Å². The van der Waals surface area contributed by atoms with Crippen molar-refractivity contribution in [3.05, 3.63) is 60.6 Å². The van der Waals surface area contributed by atoms with Crippen molar-refractivity contribution in [3.8, 4) is 5.75 Å². The van der Waals surface area contributed by atoms with Gasteiger partial charge in [-0.3, -0.25) is 0 Å². The highest BCUT2D eigenvalue weighted by molar-refractivity contribution is 5.51. The van der Waals surface area contributed by atoms with Gasteiger partial charge in [-0.05, 0) is 17.7 Å². The van der Waals surface area contributed by atoms with E-state index in [0.717, 1.165) is 17.0 Å². The van der Waals surface area contributed by atoms with Gasteiger partial charge in [0.25, 0.3) is 0 Å². The van der Waals surface area contributed by atoms with E-state index >= 15 is 0 Å². The van der Waals surface area contributed by atoms with Crippen LogP contribution < -0.4 is 4.74 Å². The number of pyridine rings is 1.